The molecule has 1 aromatic carbocycles. The van der Waals surface area contributed by atoms with Crippen molar-refractivity contribution in [2.75, 3.05) is 5.73 Å². The van der Waals surface area contributed by atoms with Crippen LogP contribution in [0.4, 0.5) is 5.95 Å². The van der Waals surface area contributed by atoms with Crippen LogP contribution in [0.3, 0.4) is 0 Å². The van der Waals surface area contributed by atoms with E-state index in [0.717, 1.165) is 22.7 Å². The third-order valence-electron chi connectivity index (χ3n) is 4.83. The topological polar surface area (TPSA) is 53.1 Å². The summed E-state index contributed by atoms with van der Waals surface area (Å²) in [5.41, 5.74) is 8.22. The number of nitrogens with zero attached hydrogens (tertiary/aromatic N) is 2. The summed E-state index contributed by atoms with van der Waals surface area (Å²) in [4.78, 5) is 4.59. The first-order valence-corrected chi connectivity index (χ1v) is 7.92. The average molecular weight is 287 g/mol. The van der Waals surface area contributed by atoms with Crippen molar-refractivity contribution in [2.45, 2.75) is 52.7 Å². The summed E-state index contributed by atoms with van der Waals surface area (Å²) in [6.07, 6.45) is 2.56. The van der Waals surface area contributed by atoms with Crippen molar-refractivity contribution in [2.24, 2.45) is 11.8 Å². The lowest BCUT2D eigenvalue weighted by Gasteiger charge is -2.21. The summed E-state index contributed by atoms with van der Waals surface area (Å²) in [6, 6.07) is 6.54. The smallest absolute Gasteiger partial charge is 0.201 e. The van der Waals surface area contributed by atoms with Crippen molar-refractivity contribution in [1.82, 2.24) is 9.55 Å². The summed E-state index contributed by atoms with van der Waals surface area (Å²) in [7, 11) is 0. The Morgan fingerprint density at radius 1 is 1.29 bits per heavy atom. The van der Waals surface area contributed by atoms with Crippen LogP contribution in [-0.2, 0) is 0 Å². The van der Waals surface area contributed by atoms with Crippen LogP contribution >= 0.6 is 0 Å². The molecule has 2 aromatic rings. The maximum atomic E-state index is 6.24. The maximum absolute atomic E-state index is 6.24. The summed E-state index contributed by atoms with van der Waals surface area (Å²) < 4.78 is 8.09. The first kappa shape index (κ1) is 14.2. The second-order valence-corrected chi connectivity index (χ2v) is 6.61. The molecule has 1 saturated carbocycles. The van der Waals surface area contributed by atoms with Crippen molar-refractivity contribution in [3.8, 4) is 5.75 Å². The van der Waals surface area contributed by atoms with Gasteiger partial charge in [0.2, 0.25) is 5.95 Å². The highest BCUT2D eigenvalue weighted by atomic mass is 16.5. The Morgan fingerprint density at radius 3 is 2.67 bits per heavy atom. The number of aromatic nitrogens is 2. The second kappa shape index (κ2) is 5.24. The zero-order chi connectivity index (χ0) is 15.1. The van der Waals surface area contributed by atoms with E-state index in [-0.39, 0.29) is 6.10 Å². The molecule has 21 heavy (non-hydrogen) atoms. The van der Waals surface area contributed by atoms with Crippen molar-refractivity contribution in [3.05, 3.63) is 18.2 Å². The van der Waals surface area contributed by atoms with Crippen LogP contribution in [0.15, 0.2) is 18.2 Å². The van der Waals surface area contributed by atoms with Crippen LogP contribution in [0.1, 0.15) is 46.6 Å². The molecule has 2 N–H and O–H groups in total. The summed E-state index contributed by atoms with van der Waals surface area (Å²) in [5.74, 6) is 2.80. The standard InChI is InChI=1S/C17H25N3O/c1-10(2)21-15-7-5-6-14-16(15)19-17(18)20(14)13-9-8-11(3)12(13)4/h5-7,10-13H,8-9H2,1-4H3,(H2,18,19). The van der Waals surface area contributed by atoms with Gasteiger partial charge in [0, 0.05) is 6.04 Å². The molecule has 0 spiro atoms. The van der Waals surface area contributed by atoms with Crippen LogP contribution < -0.4 is 10.5 Å². The van der Waals surface area contributed by atoms with Crippen LogP contribution in [0.25, 0.3) is 11.0 Å². The number of imidazole rings is 1. The number of nitrogens with two attached hydrogens (primary N) is 1. The van der Waals surface area contributed by atoms with E-state index in [9.17, 15) is 0 Å². The van der Waals surface area contributed by atoms with Crippen LogP contribution in [0.5, 0.6) is 5.75 Å². The number of rotatable bonds is 3. The van der Waals surface area contributed by atoms with Gasteiger partial charge in [0.25, 0.3) is 0 Å². The Labute approximate surface area is 126 Å². The Bertz CT molecular complexity index is 647. The lowest BCUT2D eigenvalue weighted by Crippen LogP contribution is -2.16. The maximum Gasteiger partial charge on any atom is 0.201 e. The molecule has 1 aliphatic carbocycles. The molecule has 0 amide bonds. The Balaban J connectivity index is 2.10. The third kappa shape index (κ3) is 2.37. The predicted octanol–water partition coefficient (Wildman–Crippen LogP) is 4.01. The Hall–Kier alpha value is -1.71. The molecule has 3 atom stereocenters. The van der Waals surface area contributed by atoms with E-state index in [1.807, 2.05) is 26.0 Å². The highest BCUT2D eigenvalue weighted by Crippen LogP contribution is 2.43. The van der Waals surface area contributed by atoms with Crippen molar-refractivity contribution in [3.63, 3.8) is 0 Å². The highest BCUT2D eigenvalue weighted by molar-refractivity contribution is 5.84. The first-order valence-electron chi connectivity index (χ1n) is 7.92. The molecule has 1 aliphatic rings. The number of nitrogen functional groups attached to an aromatic ring is 1. The minimum atomic E-state index is 0.132. The Kier molecular flexibility index (Phi) is 3.56. The van der Waals surface area contributed by atoms with Gasteiger partial charge in [-0.2, -0.15) is 0 Å². The normalized spacial score (nSPS) is 25.9. The molecule has 0 aliphatic heterocycles. The van der Waals surface area contributed by atoms with Gasteiger partial charge in [0.05, 0.1) is 11.6 Å². The number of benzene rings is 1. The van der Waals surface area contributed by atoms with E-state index in [2.05, 4.69) is 29.5 Å². The first-order chi connectivity index (χ1) is 9.99. The molecule has 0 radical (unpaired) electrons. The van der Waals surface area contributed by atoms with Gasteiger partial charge in [0.15, 0.2) is 0 Å². The molecule has 3 rings (SSSR count). The lowest BCUT2D eigenvalue weighted by atomic mass is 9.97. The molecule has 1 heterocycles. The van der Waals surface area contributed by atoms with Crippen molar-refractivity contribution in [1.29, 1.82) is 0 Å². The number of fused-ring (bicyclic) bond motifs is 1. The zero-order valence-electron chi connectivity index (χ0n) is 13.3. The largest absolute Gasteiger partial charge is 0.489 e. The molecule has 114 valence electrons. The quantitative estimate of drug-likeness (QED) is 0.928. The van der Waals surface area contributed by atoms with Gasteiger partial charge in [0.1, 0.15) is 11.3 Å². The SMILES string of the molecule is CC(C)Oc1cccc2c1nc(N)n2C1CCC(C)C1C. The molecule has 4 nitrogen and oxygen atoms in total. The number of hydrogen-bond donors (Lipinski definition) is 1. The van der Waals surface area contributed by atoms with Gasteiger partial charge in [-0.15, -0.1) is 0 Å². The molecule has 4 heteroatoms. The number of ether oxygens (including phenoxy) is 1. The van der Waals surface area contributed by atoms with Crippen LogP contribution in [0, 0.1) is 11.8 Å². The minimum absolute atomic E-state index is 0.132. The van der Waals surface area contributed by atoms with Crippen molar-refractivity contribution >= 4 is 17.0 Å². The van der Waals surface area contributed by atoms with E-state index in [1.54, 1.807) is 0 Å². The van der Waals surface area contributed by atoms with E-state index in [4.69, 9.17) is 10.5 Å². The van der Waals surface area contributed by atoms with Crippen molar-refractivity contribution < 1.29 is 4.74 Å². The summed E-state index contributed by atoms with van der Waals surface area (Å²) in [6.45, 7) is 8.70. The van der Waals surface area contributed by atoms with Gasteiger partial charge in [-0.3, -0.25) is 0 Å². The molecular formula is C17H25N3O. The number of hydrogen-bond acceptors (Lipinski definition) is 3. The van der Waals surface area contributed by atoms with E-state index < -0.39 is 0 Å². The predicted molar refractivity (Wildman–Crippen MR) is 86.5 cm³/mol. The van der Waals surface area contributed by atoms with E-state index in [1.165, 1.54) is 12.8 Å². The molecule has 1 aromatic heterocycles. The molecule has 1 fully saturated rings. The van der Waals surface area contributed by atoms with E-state index in [0.29, 0.717) is 17.9 Å². The molecule has 3 unspecified atom stereocenters. The number of para-hydroxylation sites is 1. The number of anilines is 1. The van der Waals surface area contributed by atoms with Gasteiger partial charge in [-0.25, -0.2) is 4.98 Å². The van der Waals surface area contributed by atoms with Gasteiger partial charge in [-0.05, 0) is 50.7 Å². The molecule has 0 saturated heterocycles. The van der Waals surface area contributed by atoms with Crippen LogP contribution in [0.2, 0.25) is 0 Å². The Morgan fingerprint density at radius 2 is 2.05 bits per heavy atom. The zero-order valence-corrected chi connectivity index (χ0v) is 13.3. The monoisotopic (exact) mass is 287 g/mol. The summed E-state index contributed by atoms with van der Waals surface area (Å²) >= 11 is 0. The lowest BCUT2D eigenvalue weighted by molar-refractivity contribution is 0.245. The van der Waals surface area contributed by atoms with Crippen LogP contribution in [-0.4, -0.2) is 15.7 Å². The average Bonchev–Trinajstić information content (AvgIpc) is 2.91. The summed E-state index contributed by atoms with van der Waals surface area (Å²) in [5, 5.41) is 0. The molecular weight excluding hydrogens is 262 g/mol. The third-order valence-corrected chi connectivity index (χ3v) is 4.83. The van der Waals surface area contributed by atoms with Gasteiger partial charge < -0.3 is 15.0 Å². The van der Waals surface area contributed by atoms with Gasteiger partial charge >= 0.3 is 0 Å². The second-order valence-electron chi connectivity index (χ2n) is 6.61. The fraction of sp³-hybridized carbons (Fsp3) is 0.588. The fourth-order valence-corrected chi connectivity index (χ4v) is 3.51. The molecule has 0 bridgehead atoms. The van der Waals surface area contributed by atoms with Gasteiger partial charge in [-0.1, -0.05) is 19.9 Å². The highest BCUT2D eigenvalue weighted by Gasteiger charge is 2.33. The minimum Gasteiger partial charge on any atom is -0.489 e. The van der Waals surface area contributed by atoms with E-state index >= 15 is 0 Å². The fourth-order valence-electron chi connectivity index (χ4n) is 3.51.